The molecule has 0 nitrogen and oxygen atoms in total. The quantitative estimate of drug-likeness (QED) is 0.618. The van der Waals surface area contributed by atoms with Gasteiger partial charge in [0.15, 0.2) is 0 Å². The summed E-state index contributed by atoms with van der Waals surface area (Å²) in [6.07, 6.45) is 7.72. The fourth-order valence-electron chi connectivity index (χ4n) is 3.78. The smallest absolute Gasteiger partial charge is 0.0323 e. The van der Waals surface area contributed by atoms with Gasteiger partial charge in [0.05, 0.1) is 0 Å². The Balaban J connectivity index is 1.53. The molecule has 5 unspecified atom stereocenters. The van der Waals surface area contributed by atoms with E-state index in [-0.39, 0.29) is 0 Å². The van der Waals surface area contributed by atoms with Crippen LogP contribution in [0, 0.1) is 35.5 Å². The number of hydrogen-bond donors (Lipinski definition) is 0. The Morgan fingerprint density at radius 2 is 1.92 bits per heavy atom. The van der Waals surface area contributed by atoms with E-state index in [0.29, 0.717) is 0 Å². The largest absolute Gasteiger partial charge is 0.0651 e. The van der Waals surface area contributed by atoms with Crippen LogP contribution in [0.4, 0.5) is 0 Å². The summed E-state index contributed by atoms with van der Waals surface area (Å²) < 4.78 is 0. The van der Waals surface area contributed by atoms with Crippen molar-refractivity contribution < 1.29 is 0 Å². The molecule has 0 aromatic heterocycles. The fourth-order valence-corrected chi connectivity index (χ4v) is 3.78. The lowest BCUT2D eigenvalue weighted by atomic mass is 9.87. The van der Waals surface area contributed by atoms with Crippen molar-refractivity contribution in [2.24, 2.45) is 35.5 Å². The number of fused-ring (bicyclic) bond motifs is 1. The molecule has 0 aliphatic heterocycles. The van der Waals surface area contributed by atoms with E-state index < -0.39 is 0 Å². The highest BCUT2D eigenvalue weighted by Gasteiger charge is 2.66. The summed E-state index contributed by atoms with van der Waals surface area (Å²) in [5.74, 6) is 6.97. The summed E-state index contributed by atoms with van der Waals surface area (Å²) in [6.45, 7) is 4.81. The third-order valence-corrected chi connectivity index (χ3v) is 5.25. The van der Waals surface area contributed by atoms with E-state index in [4.69, 9.17) is 0 Å². The minimum Gasteiger partial charge on any atom is -0.0651 e. The van der Waals surface area contributed by atoms with Crippen LogP contribution in [-0.2, 0) is 0 Å². The second-order valence-corrected chi connectivity index (χ2v) is 5.86. The SMILES string of the molecule is CCC(C)C1CCC(C2C3CC32)C1. The lowest BCUT2D eigenvalue weighted by molar-refractivity contribution is 0.320. The Hall–Kier alpha value is 0. The third kappa shape index (κ3) is 1.25. The first-order valence-corrected chi connectivity index (χ1v) is 6.31. The van der Waals surface area contributed by atoms with Crippen molar-refractivity contribution in [2.75, 3.05) is 0 Å². The van der Waals surface area contributed by atoms with Crippen LogP contribution in [0.25, 0.3) is 0 Å². The van der Waals surface area contributed by atoms with Gasteiger partial charge in [0.2, 0.25) is 0 Å². The van der Waals surface area contributed by atoms with Gasteiger partial charge in [-0.25, -0.2) is 0 Å². The van der Waals surface area contributed by atoms with E-state index >= 15 is 0 Å². The molecule has 0 amide bonds. The maximum absolute atomic E-state index is 2.46. The van der Waals surface area contributed by atoms with Crippen LogP contribution in [0.3, 0.4) is 0 Å². The highest BCUT2D eigenvalue weighted by atomic mass is 14.7. The zero-order chi connectivity index (χ0) is 9.00. The Morgan fingerprint density at radius 3 is 2.46 bits per heavy atom. The highest BCUT2D eigenvalue weighted by Crippen LogP contribution is 2.73. The van der Waals surface area contributed by atoms with Crippen molar-refractivity contribution in [2.45, 2.75) is 46.0 Å². The highest BCUT2D eigenvalue weighted by molar-refractivity contribution is 5.14. The topological polar surface area (TPSA) is 0 Å². The second kappa shape index (κ2) is 2.74. The van der Waals surface area contributed by atoms with Crippen molar-refractivity contribution in [1.82, 2.24) is 0 Å². The lowest BCUT2D eigenvalue weighted by Gasteiger charge is -2.18. The predicted octanol–water partition coefficient (Wildman–Crippen LogP) is 3.71. The molecule has 0 heteroatoms. The van der Waals surface area contributed by atoms with Crippen LogP contribution in [0.1, 0.15) is 46.0 Å². The molecule has 0 heterocycles. The first kappa shape index (κ1) is 8.32. The Bertz CT molecular complexity index is 192. The maximum Gasteiger partial charge on any atom is -0.0323 e. The zero-order valence-corrected chi connectivity index (χ0v) is 9.00. The van der Waals surface area contributed by atoms with E-state index in [1.165, 1.54) is 30.1 Å². The molecule has 13 heavy (non-hydrogen) atoms. The molecular formula is C13H22. The molecular weight excluding hydrogens is 156 g/mol. The van der Waals surface area contributed by atoms with E-state index in [9.17, 15) is 0 Å². The van der Waals surface area contributed by atoms with Gasteiger partial charge < -0.3 is 0 Å². The van der Waals surface area contributed by atoms with Crippen LogP contribution in [-0.4, -0.2) is 0 Å². The van der Waals surface area contributed by atoms with E-state index in [1.54, 1.807) is 25.7 Å². The molecule has 5 atom stereocenters. The van der Waals surface area contributed by atoms with Crippen molar-refractivity contribution >= 4 is 0 Å². The minimum absolute atomic E-state index is 1.00. The molecule has 3 rings (SSSR count). The summed E-state index contributed by atoms with van der Waals surface area (Å²) in [5.41, 5.74) is 0. The molecule has 0 radical (unpaired) electrons. The van der Waals surface area contributed by atoms with E-state index in [1.807, 2.05) is 0 Å². The van der Waals surface area contributed by atoms with Gasteiger partial charge in [-0.1, -0.05) is 20.3 Å². The van der Waals surface area contributed by atoms with Gasteiger partial charge in [-0.15, -0.1) is 0 Å². The molecule has 0 spiro atoms. The van der Waals surface area contributed by atoms with Crippen LogP contribution in [0.5, 0.6) is 0 Å². The maximum atomic E-state index is 2.46. The second-order valence-electron chi connectivity index (χ2n) is 5.86. The van der Waals surface area contributed by atoms with Gasteiger partial charge in [0.25, 0.3) is 0 Å². The number of rotatable bonds is 3. The molecule has 0 N–H and O–H groups in total. The Morgan fingerprint density at radius 1 is 1.15 bits per heavy atom. The molecule has 3 saturated carbocycles. The monoisotopic (exact) mass is 178 g/mol. The van der Waals surface area contributed by atoms with E-state index in [0.717, 1.165) is 11.8 Å². The molecule has 3 aliphatic carbocycles. The summed E-state index contributed by atoms with van der Waals surface area (Å²) in [5, 5.41) is 0. The summed E-state index contributed by atoms with van der Waals surface area (Å²) in [4.78, 5) is 0. The van der Waals surface area contributed by atoms with Gasteiger partial charge in [-0.05, 0) is 61.2 Å². The van der Waals surface area contributed by atoms with Crippen LogP contribution in [0.2, 0.25) is 0 Å². The van der Waals surface area contributed by atoms with Gasteiger partial charge >= 0.3 is 0 Å². The Kier molecular flexibility index (Phi) is 1.76. The van der Waals surface area contributed by atoms with Crippen LogP contribution >= 0.6 is 0 Å². The first-order valence-electron chi connectivity index (χ1n) is 6.31. The van der Waals surface area contributed by atoms with Crippen molar-refractivity contribution in [1.29, 1.82) is 0 Å². The first-order chi connectivity index (χ1) is 6.31. The Labute approximate surface area is 82.1 Å². The third-order valence-electron chi connectivity index (χ3n) is 5.25. The fraction of sp³-hybridized carbons (Fsp3) is 1.00. The van der Waals surface area contributed by atoms with Crippen molar-refractivity contribution in [3.05, 3.63) is 0 Å². The lowest BCUT2D eigenvalue weighted by Crippen LogP contribution is -2.09. The van der Waals surface area contributed by atoms with Crippen LogP contribution in [0.15, 0.2) is 0 Å². The molecule has 3 aliphatic rings. The van der Waals surface area contributed by atoms with E-state index in [2.05, 4.69) is 13.8 Å². The molecule has 0 bridgehead atoms. The average Bonchev–Trinajstić information content (AvgIpc) is 2.98. The summed E-state index contributed by atoms with van der Waals surface area (Å²) >= 11 is 0. The normalized spacial score (nSPS) is 54.5. The summed E-state index contributed by atoms with van der Waals surface area (Å²) in [7, 11) is 0. The standard InChI is InChI=1S/C13H22/c1-3-8(2)9-4-5-10(6-9)13-11-7-12(11)13/h8-13H,3-7H2,1-2H3. The average molecular weight is 178 g/mol. The van der Waals surface area contributed by atoms with Gasteiger partial charge in [0.1, 0.15) is 0 Å². The molecule has 0 aromatic carbocycles. The number of hydrogen-bond acceptors (Lipinski definition) is 0. The minimum atomic E-state index is 1.00. The van der Waals surface area contributed by atoms with Gasteiger partial charge in [0, 0.05) is 0 Å². The summed E-state index contributed by atoms with van der Waals surface area (Å²) in [6, 6.07) is 0. The van der Waals surface area contributed by atoms with Crippen LogP contribution < -0.4 is 0 Å². The van der Waals surface area contributed by atoms with Crippen molar-refractivity contribution in [3.63, 3.8) is 0 Å². The van der Waals surface area contributed by atoms with Crippen molar-refractivity contribution in [3.8, 4) is 0 Å². The predicted molar refractivity (Wildman–Crippen MR) is 55.4 cm³/mol. The zero-order valence-electron chi connectivity index (χ0n) is 9.00. The molecule has 0 aromatic rings. The molecule has 0 saturated heterocycles. The van der Waals surface area contributed by atoms with Gasteiger partial charge in [-0.2, -0.15) is 0 Å². The molecule has 3 fully saturated rings. The molecule has 74 valence electrons. The van der Waals surface area contributed by atoms with Gasteiger partial charge in [-0.3, -0.25) is 0 Å².